The molecule has 2 N–H and O–H groups in total. The molecule has 1 aliphatic rings. The van der Waals surface area contributed by atoms with Crippen LogP contribution in [0.5, 0.6) is 5.75 Å². The van der Waals surface area contributed by atoms with Crippen molar-refractivity contribution in [3.63, 3.8) is 0 Å². The van der Waals surface area contributed by atoms with Gasteiger partial charge in [-0.2, -0.15) is 0 Å². The van der Waals surface area contributed by atoms with Gasteiger partial charge in [-0.25, -0.2) is 9.59 Å². The van der Waals surface area contributed by atoms with Crippen LogP contribution in [-0.4, -0.2) is 66.5 Å². The quantitative estimate of drug-likeness (QED) is 0.351. The maximum Gasteiger partial charge on any atom is 0.414 e. The molecular weight excluding hydrogens is 446 g/mol. The first kappa shape index (κ1) is 28.3. The third-order valence-corrected chi connectivity index (χ3v) is 6.30. The maximum absolute atomic E-state index is 9.10. The van der Waals surface area contributed by atoms with Gasteiger partial charge >= 0.3 is 11.9 Å². The van der Waals surface area contributed by atoms with Crippen LogP contribution in [0.15, 0.2) is 54.6 Å². The van der Waals surface area contributed by atoms with Gasteiger partial charge in [0.25, 0.3) is 0 Å². The second-order valence-electron chi connectivity index (χ2n) is 8.85. The zero-order valence-electron chi connectivity index (χ0n) is 20.9. The van der Waals surface area contributed by atoms with Gasteiger partial charge in [0.2, 0.25) is 0 Å². The summed E-state index contributed by atoms with van der Waals surface area (Å²) >= 11 is 0. The second kappa shape index (κ2) is 15.9. The Bertz CT molecular complexity index is 876. The molecule has 0 aromatic heterocycles. The summed E-state index contributed by atoms with van der Waals surface area (Å²) in [5.74, 6) is -2.05. The zero-order valence-corrected chi connectivity index (χ0v) is 20.9. The molecule has 192 valence electrons. The fraction of sp³-hybridized carbons (Fsp3) is 0.500. The molecule has 35 heavy (non-hydrogen) atoms. The molecule has 3 rings (SSSR count). The number of carbonyl (C=O) groups is 2. The highest BCUT2D eigenvalue weighted by Gasteiger charge is 2.28. The summed E-state index contributed by atoms with van der Waals surface area (Å²) < 4.78 is 12.1. The van der Waals surface area contributed by atoms with Gasteiger partial charge in [-0.3, -0.25) is 0 Å². The number of carboxylic acids is 2. The summed E-state index contributed by atoms with van der Waals surface area (Å²) in [5, 5.41) is 14.8. The molecule has 0 unspecified atom stereocenters. The van der Waals surface area contributed by atoms with E-state index in [0.717, 1.165) is 31.7 Å². The summed E-state index contributed by atoms with van der Waals surface area (Å²) in [7, 11) is 1.86. The number of ether oxygens (including phenoxy) is 2. The van der Waals surface area contributed by atoms with Crippen molar-refractivity contribution < 1.29 is 29.3 Å². The minimum atomic E-state index is -1.82. The highest BCUT2D eigenvalue weighted by molar-refractivity contribution is 6.27. The van der Waals surface area contributed by atoms with E-state index in [1.807, 2.05) is 7.11 Å². The molecule has 7 nitrogen and oxygen atoms in total. The third kappa shape index (κ3) is 10.5. The molecular formula is C28H39NO6. The van der Waals surface area contributed by atoms with Gasteiger partial charge in [-0.15, -0.1) is 0 Å². The Hall–Kier alpha value is -2.90. The van der Waals surface area contributed by atoms with E-state index >= 15 is 0 Å². The van der Waals surface area contributed by atoms with Crippen LogP contribution in [0.4, 0.5) is 0 Å². The molecule has 1 fully saturated rings. The maximum atomic E-state index is 9.10. The number of hydrogen-bond acceptors (Lipinski definition) is 5. The Labute approximate surface area is 208 Å². The van der Waals surface area contributed by atoms with Gasteiger partial charge in [-0.05, 0) is 55.5 Å². The van der Waals surface area contributed by atoms with Gasteiger partial charge in [-0.1, -0.05) is 68.3 Å². The van der Waals surface area contributed by atoms with E-state index in [1.165, 1.54) is 49.9 Å². The Morgan fingerprint density at radius 1 is 1.00 bits per heavy atom. The number of hydrogen-bond donors (Lipinski definition) is 2. The molecule has 2 atom stereocenters. The van der Waals surface area contributed by atoms with E-state index in [2.05, 4.69) is 66.4 Å². The molecule has 0 amide bonds. The van der Waals surface area contributed by atoms with E-state index in [-0.39, 0.29) is 0 Å². The zero-order chi connectivity index (χ0) is 25.5. The smallest absolute Gasteiger partial charge is 0.414 e. The number of benzene rings is 2. The molecule has 2 aromatic carbocycles. The molecule has 1 heterocycles. The molecule has 0 saturated carbocycles. The number of carboxylic acid groups (broad SMARTS) is 2. The molecule has 2 aromatic rings. The lowest BCUT2D eigenvalue weighted by molar-refractivity contribution is -0.159. The van der Waals surface area contributed by atoms with E-state index in [0.29, 0.717) is 12.0 Å². The highest BCUT2D eigenvalue weighted by Crippen LogP contribution is 2.26. The summed E-state index contributed by atoms with van der Waals surface area (Å²) in [5.41, 5.74) is 2.58. The Morgan fingerprint density at radius 2 is 1.69 bits per heavy atom. The molecule has 0 radical (unpaired) electrons. The van der Waals surface area contributed by atoms with Crippen LogP contribution < -0.4 is 4.74 Å². The van der Waals surface area contributed by atoms with Gasteiger partial charge in [0, 0.05) is 20.1 Å². The number of likely N-dealkylation sites (tertiary alicyclic amines) is 1. The monoisotopic (exact) mass is 485 g/mol. The summed E-state index contributed by atoms with van der Waals surface area (Å²) in [6.07, 6.45) is 7.42. The largest absolute Gasteiger partial charge is 0.493 e. The number of unbranched alkanes of at least 4 members (excludes halogenated alkanes) is 2. The standard InChI is InChI=1S/C26H37NO2.C2H2O4/c1-3-4-10-17-27-18-15-23(26(21-27)28-2)16-19-29-25-14-9-8-13-24(25)20-22-11-6-5-7-12-22;3-1(4)2(5)6/h5-9,11-14,23,26H,3-4,10,15-21H2,1-2H3;(H,3,4)(H,5,6)/t23-,26-;/m1./s1. The van der Waals surface area contributed by atoms with E-state index < -0.39 is 11.9 Å². The van der Waals surface area contributed by atoms with Crippen molar-refractivity contribution >= 4 is 11.9 Å². The first-order chi connectivity index (χ1) is 16.9. The number of nitrogens with zero attached hydrogens (tertiary/aromatic N) is 1. The van der Waals surface area contributed by atoms with Gasteiger partial charge in [0.05, 0.1) is 12.7 Å². The van der Waals surface area contributed by atoms with Crippen molar-refractivity contribution in [3.05, 3.63) is 65.7 Å². The van der Waals surface area contributed by atoms with Crippen LogP contribution in [0.2, 0.25) is 0 Å². The number of para-hydroxylation sites is 1. The minimum absolute atomic E-state index is 0.327. The first-order valence-electron chi connectivity index (χ1n) is 12.4. The molecule has 7 heteroatoms. The van der Waals surface area contributed by atoms with Crippen molar-refractivity contribution in [2.24, 2.45) is 5.92 Å². The fourth-order valence-corrected chi connectivity index (χ4v) is 4.34. The SMILES string of the molecule is CCCCCN1CC[C@H](CCOc2ccccc2Cc2ccccc2)[C@H](OC)C1.O=C(O)C(=O)O. The van der Waals surface area contributed by atoms with Crippen LogP contribution in [0.25, 0.3) is 0 Å². The Morgan fingerprint density at radius 3 is 2.34 bits per heavy atom. The molecule has 0 spiro atoms. The van der Waals surface area contributed by atoms with Gasteiger partial charge in [0.15, 0.2) is 0 Å². The molecule has 1 aliphatic heterocycles. The van der Waals surface area contributed by atoms with Gasteiger partial charge < -0.3 is 24.6 Å². The van der Waals surface area contributed by atoms with Crippen LogP contribution in [0.1, 0.15) is 50.2 Å². The first-order valence-corrected chi connectivity index (χ1v) is 12.4. The predicted octanol–water partition coefficient (Wildman–Crippen LogP) is 4.73. The third-order valence-electron chi connectivity index (χ3n) is 6.30. The summed E-state index contributed by atoms with van der Waals surface area (Å²) in [6.45, 7) is 6.49. The van der Waals surface area contributed by atoms with E-state index in [1.54, 1.807) is 0 Å². The number of piperidine rings is 1. The van der Waals surface area contributed by atoms with Crippen molar-refractivity contribution in [3.8, 4) is 5.75 Å². The number of methoxy groups -OCH3 is 1. The average Bonchev–Trinajstić information content (AvgIpc) is 2.87. The lowest BCUT2D eigenvalue weighted by atomic mass is 9.90. The molecule has 0 bridgehead atoms. The Balaban J connectivity index is 0.000000641. The average molecular weight is 486 g/mol. The minimum Gasteiger partial charge on any atom is -0.493 e. The second-order valence-corrected chi connectivity index (χ2v) is 8.85. The van der Waals surface area contributed by atoms with Crippen LogP contribution >= 0.6 is 0 Å². The van der Waals surface area contributed by atoms with Crippen molar-refractivity contribution in [2.75, 3.05) is 33.4 Å². The van der Waals surface area contributed by atoms with Crippen LogP contribution in [0, 0.1) is 5.92 Å². The lowest BCUT2D eigenvalue weighted by Crippen LogP contribution is -2.45. The summed E-state index contributed by atoms with van der Waals surface area (Å²) in [4.78, 5) is 20.8. The van der Waals surface area contributed by atoms with Crippen LogP contribution in [0.3, 0.4) is 0 Å². The fourth-order valence-electron chi connectivity index (χ4n) is 4.34. The van der Waals surface area contributed by atoms with Gasteiger partial charge in [0.1, 0.15) is 5.75 Å². The summed E-state index contributed by atoms with van der Waals surface area (Å²) in [6, 6.07) is 19.0. The predicted molar refractivity (Wildman–Crippen MR) is 136 cm³/mol. The molecule has 1 saturated heterocycles. The lowest BCUT2D eigenvalue weighted by Gasteiger charge is -2.38. The Kier molecular flexibility index (Phi) is 12.9. The van der Waals surface area contributed by atoms with E-state index in [9.17, 15) is 0 Å². The van der Waals surface area contributed by atoms with Crippen molar-refractivity contribution in [1.29, 1.82) is 0 Å². The number of rotatable bonds is 11. The van der Waals surface area contributed by atoms with Crippen molar-refractivity contribution in [1.82, 2.24) is 4.90 Å². The van der Waals surface area contributed by atoms with Crippen molar-refractivity contribution in [2.45, 2.75) is 51.6 Å². The number of aliphatic carboxylic acids is 2. The molecule has 0 aliphatic carbocycles. The highest BCUT2D eigenvalue weighted by atomic mass is 16.5. The van der Waals surface area contributed by atoms with Crippen LogP contribution in [-0.2, 0) is 20.7 Å². The topological polar surface area (TPSA) is 96.3 Å². The normalized spacial score (nSPS) is 17.8. The van der Waals surface area contributed by atoms with E-state index in [4.69, 9.17) is 29.3 Å².